The maximum absolute atomic E-state index is 13.9. The molecular formula is C28H20Cl2F2N2O3. The van der Waals surface area contributed by atoms with Gasteiger partial charge in [-0.2, -0.15) is 0 Å². The van der Waals surface area contributed by atoms with Crippen molar-refractivity contribution < 1.29 is 23.1 Å². The van der Waals surface area contributed by atoms with E-state index in [0.29, 0.717) is 33.3 Å². The summed E-state index contributed by atoms with van der Waals surface area (Å²) in [7, 11) is 0. The molecule has 5 nitrogen and oxygen atoms in total. The van der Waals surface area contributed by atoms with Crippen molar-refractivity contribution in [3.8, 4) is 22.6 Å². The number of rotatable bonds is 5. The summed E-state index contributed by atoms with van der Waals surface area (Å²) in [6.45, 7) is 3.40. The maximum atomic E-state index is 13.9. The van der Waals surface area contributed by atoms with Gasteiger partial charge in [0.15, 0.2) is 0 Å². The standard InChI is InChI=1S/C28H20Cl2F2N2O3/c1-15-14-22(33-28(36)34-27(35)24-20(31)7-5-8-21(24)32)16(2)25(30)26(15)37-23-9-4-3-6-19(23)17-10-12-18(29)13-11-17/h3-14H,1-2H3,(H2,33,34,35,36). The number of hydrogen-bond donors (Lipinski definition) is 2. The fraction of sp³-hybridized carbons (Fsp3) is 0.0714. The zero-order valence-electron chi connectivity index (χ0n) is 19.7. The van der Waals surface area contributed by atoms with E-state index in [9.17, 15) is 18.4 Å². The number of aryl methyl sites for hydroxylation is 1. The average Bonchev–Trinajstić information content (AvgIpc) is 2.85. The Hall–Kier alpha value is -3.94. The fourth-order valence-corrected chi connectivity index (χ4v) is 4.09. The van der Waals surface area contributed by atoms with Crippen LogP contribution in [0.5, 0.6) is 11.5 Å². The number of para-hydroxylation sites is 1. The molecule has 4 rings (SSSR count). The molecule has 0 saturated heterocycles. The van der Waals surface area contributed by atoms with Gasteiger partial charge in [-0.1, -0.05) is 59.6 Å². The number of anilines is 1. The Labute approximate surface area is 222 Å². The Bertz CT molecular complexity index is 1490. The molecule has 0 fully saturated rings. The van der Waals surface area contributed by atoms with Crippen LogP contribution < -0.4 is 15.4 Å². The molecule has 0 radical (unpaired) electrons. The second-order valence-corrected chi connectivity index (χ2v) is 8.93. The van der Waals surface area contributed by atoms with Crippen LogP contribution in [-0.4, -0.2) is 11.9 Å². The first kappa shape index (κ1) is 26.1. The summed E-state index contributed by atoms with van der Waals surface area (Å²) >= 11 is 12.6. The lowest BCUT2D eigenvalue weighted by Gasteiger charge is -2.18. The number of carbonyl (C=O) groups is 2. The number of hydrogen-bond acceptors (Lipinski definition) is 3. The second kappa shape index (κ2) is 11.0. The highest BCUT2D eigenvalue weighted by Crippen LogP contribution is 2.41. The molecule has 4 aromatic rings. The fourth-order valence-electron chi connectivity index (χ4n) is 3.67. The van der Waals surface area contributed by atoms with Crippen LogP contribution in [0.4, 0.5) is 19.3 Å². The molecule has 0 unspecified atom stereocenters. The summed E-state index contributed by atoms with van der Waals surface area (Å²) in [4.78, 5) is 24.6. The van der Waals surface area contributed by atoms with Crippen molar-refractivity contribution in [1.29, 1.82) is 0 Å². The maximum Gasteiger partial charge on any atom is 0.326 e. The van der Waals surface area contributed by atoms with E-state index in [2.05, 4.69) is 5.32 Å². The zero-order chi connectivity index (χ0) is 26.7. The quantitative estimate of drug-likeness (QED) is 0.267. The van der Waals surface area contributed by atoms with Crippen LogP contribution in [0.2, 0.25) is 10.0 Å². The van der Waals surface area contributed by atoms with Crippen LogP contribution in [0.15, 0.2) is 72.8 Å². The molecule has 0 aliphatic rings. The number of halogens is 4. The van der Waals surface area contributed by atoms with Crippen LogP contribution in [0, 0.1) is 25.5 Å². The first-order valence-corrected chi connectivity index (χ1v) is 11.8. The first-order chi connectivity index (χ1) is 17.7. The molecule has 37 heavy (non-hydrogen) atoms. The molecule has 9 heteroatoms. The zero-order valence-corrected chi connectivity index (χ0v) is 21.2. The second-order valence-electron chi connectivity index (χ2n) is 8.12. The van der Waals surface area contributed by atoms with E-state index in [1.807, 2.05) is 41.7 Å². The Morgan fingerprint density at radius 2 is 1.51 bits per heavy atom. The molecule has 4 aromatic carbocycles. The summed E-state index contributed by atoms with van der Waals surface area (Å²) in [6.07, 6.45) is 0. The van der Waals surface area contributed by atoms with Gasteiger partial charge in [-0.25, -0.2) is 13.6 Å². The van der Waals surface area contributed by atoms with Crippen LogP contribution in [0.3, 0.4) is 0 Å². The average molecular weight is 541 g/mol. The third-order valence-corrected chi connectivity index (χ3v) is 6.28. The third kappa shape index (κ3) is 5.74. The SMILES string of the molecule is Cc1cc(NC(=O)NC(=O)c2c(F)cccc2F)c(C)c(Cl)c1Oc1ccccc1-c1ccc(Cl)cc1. The number of ether oxygens (including phenoxy) is 1. The first-order valence-electron chi connectivity index (χ1n) is 11.0. The molecule has 0 bridgehead atoms. The molecule has 0 aliphatic carbocycles. The third-order valence-electron chi connectivity index (χ3n) is 5.57. The molecule has 0 saturated carbocycles. The molecule has 3 amide bonds. The Kier molecular flexibility index (Phi) is 7.76. The number of nitrogens with one attached hydrogen (secondary N) is 2. The molecule has 0 aliphatic heterocycles. The summed E-state index contributed by atoms with van der Waals surface area (Å²) in [6, 6.07) is 18.4. The van der Waals surface area contributed by atoms with E-state index in [4.69, 9.17) is 27.9 Å². The molecule has 0 spiro atoms. The van der Waals surface area contributed by atoms with Crippen molar-refractivity contribution in [3.63, 3.8) is 0 Å². The van der Waals surface area contributed by atoms with Gasteiger partial charge in [-0.15, -0.1) is 0 Å². The van der Waals surface area contributed by atoms with Crippen LogP contribution in [-0.2, 0) is 0 Å². The van der Waals surface area contributed by atoms with Gasteiger partial charge in [0, 0.05) is 16.3 Å². The highest BCUT2D eigenvalue weighted by atomic mass is 35.5. The van der Waals surface area contributed by atoms with Gasteiger partial charge in [0.05, 0.1) is 5.02 Å². The summed E-state index contributed by atoms with van der Waals surface area (Å²) in [5.74, 6) is -2.44. The van der Waals surface area contributed by atoms with E-state index < -0.39 is 29.1 Å². The number of imide groups is 1. The Morgan fingerprint density at radius 3 is 2.19 bits per heavy atom. The summed E-state index contributed by atoms with van der Waals surface area (Å²) < 4.78 is 33.9. The minimum absolute atomic E-state index is 0.243. The lowest BCUT2D eigenvalue weighted by Crippen LogP contribution is -2.35. The van der Waals surface area contributed by atoms with E-state index in [1.165, 1.54) is 0 Å². The van der Waals surface area contributed by atoms with Gasteiger partial charge in [0.2, 0.25) is 0 Å². The van der Waals surface area contributed by atoms with E-state index in [0.717, 1.165) is 29.3 Å². The van der Waals surface area contributed by atoms with E-state index in [1.54, 1.807) is 32.0 Å². The smallest absolute Gasteiger partial charge is 0.326 e. The van der Waals surface area contributed by atoms with Gasteiger partial charge in [0.25, 0.3) is 5.91 Å². The highest BCUT2D eigenvalue weighted by Gasteiger charge is 2.21. The van der Waals surface area contributed by atoms with Crippen molar-refractivity contribution >= 4 is 40.8 Å². The van der Waals surface area contributed by atoms with Crippen LogP contribution in [0.25, 0.3) is 11.1 Å². The van der Waals surface area contributed by atoms with Gasteiger partial charge >= 0.3 is 6.03 Å². The molecular weight excluding hydrogens is 521 g/mol. The lowest BCUT2D eigenvalue weighted by molar-refractivity contribution is 0.0959. The minimum atomic E-state index is -1.22. The van der Waals surface area contributed by atoms with Gasteiger partial charge < -0.3 is 10.1 Å². The van der Waals surface area contributed by atoms with Gasteiger partial charge in [-0.3, -0.25) is 10.1 Å². The van der Waals surface area contributed by atoms with Crippen molar-refractivity contribution in [2.45, 2.75) is 13.8 Å². The normalized spacial score (nSPS) is 10.6. The van der Waals surface area contributed by atoms with Crippen molar-refractivity contribution in [1.82, 2.24) is 5.32 Å². The van der Waals surface area contributed by atoms with E-state index in [-0.39, 0.29) is 5.02 Å². The van der Waals surface area contributed by atoms with Gasteiger partial charge in [0.1, 0.15) is 28.7 Å². The molecule has 0 heterocycles. The summed E-state index contributed by atoms with van der Waals surface area (Å²) in [5.41, 5.74) is 2.23. The molecule has 2 N–H and O–H groups in total. The number of urea groups is 1. The molecule has 0 atom stereocenters. The Morgan fingerprint density at radius 1 is 0.865 bits per heavy atom. The predicted molar refractivity (Wildman–Crippen MR) is 141 cm³/mol. The monoisotopic (exact) mass is 540 g/mol. The van der Waals surface area contributed by atoms with Crippen molar-refractivity contribution in [2.24, 2.45) is 0 Å². The van der Waals surface area contributed by atoms with Crippen LogP contribution >= 0.6 is 23.2 Å². The molecule has 188 valence electrons. The minimum Gasteiger partial charge on any atom is -0.455 e. The highest BCUT2D eigenvalue weighted by molar-refractivity contribution is 6.33. The largest absolute Gasteiger partial charge is 0.455 e. The number of carbonyl (C=O) groups excluding carboxylic acids is 2. The van der Waals surface area contributed by atoms with Crippen molar-refractivity contribution in [2.75, 3.05) is 5.32 Å². The van der Waals surface area contributed by atoms with Crippen molar-refractivity contribution in [3.05, 3.63) is 111 Å². The predicted octanol–water partition coefficient (Wildman–Crippen LogP) is 8.31. The lowest BCUT2D eigenvalue weighted by atomic mass is 10.0. The Balaban J connectivity index is 1.56. The van der Waals surface area contributed by atoms with Gasteiger partial charge in [-0.05, 0) is 66.9 Å². The number of benzene rings is 4. The van der Waals surface area contributed by atoms with E-state index >= 15 is 0 Å². The van der Waals surface area contributed by atoms with Crippen LogP contribution in [0.1, 0.15) is 21.5 Å². The molecule has 0 aromatic heterocycles. The number of amides is 3. The topological polar surface area (TPSA) is 67.4 Å². The summed E-state index contributed by atoms with van der Waals surface area (Å²) in [5, 5.41) is 5.28.